The first-order valence-corrected chi connectivity index (χ1v) is 9.02. The summed E-state index contributed by atoms with van der Waals surface area (Å²) < 4.78 is 16.1. The molecule has 1 unspecified atom stereocenters. The summed E-state index contributed by atoms with van der Waals surface area (Å²) in [7, 11) is 0. The van der Waals surface area contributed by atoms with Gasteiger partial charge in [-0.15, -0.1) is 0 Å². The van der Waals surface area contributed by atoms with E-state index in [0.717, 1.165) is 30.9 Å². The molecule has 0 N–H and O–H groups in total. The standard InChI is InChI=1S/C21H24FN3/c1-5-24-14(3)13(2)18-8-10-23-21(20(18)24)25-11-9-16-6-7-17(22)12-19(16)15(25)4/h6-8,10,12,15H,5,9,11H2,1-4H3. The lowest BCUT2D eigenvalue weighted by Crippen LogP contribution is -2.35. The van der Waals surface area contributed by atoms with Gasteiger partial charge in [-0.05, 0) is 69.0 Å². The van der Waals surface area contributed by atoms with Crippen LogP contribution < -0.4 is 4.90 Å². The van der Waals surface area contributed by atoms with Crippen LogP contribution in [0.5, 0.6) is 0 Å². The smallest absolute Gasteiger partial charge is 0.153 e. The summed E-state index contributed by atoms with van der Waals surface area (Å²) in [5, 5.41) is 1.27. The summed E-state index contributed by atoms with van der Waals surface area (Å²) >= 11 is 0. The summed E-state index contributed by atoms with van der Waals surface area (Å²) in [5.41, 5.74) is 6.13. The number of anilines is 1. The van der Waals surface area contributed by atoms with Crippen LogP contribution in [0.2, 0.25) is 0 Å². The molecule has 0 saturated heterocycles. The van der Waals surface area contributed by atoms with Crippen molar-refractivity contribution < 1.29 is 4.39 Å². The average molecular weight is 337 g/mol. The highest BCUT2D eigenvalue weighted by atomic mass is 19.1. The van der Waals surface area contributed by atoms with E-state index in [2.05, 4.69) is 43.2 Å². The molecule has 0 saturated carbocycles. The second-order valence-corrected chi connectivity index (χ2v) is 6.95. The fraction of sp³-hybridized carbons (Fsp3) is 0.381. The minimum atomic E-state index is -0.165. The van der Waals surface area contributed by atoms with E-state index < -0.39 is 0 Å². The number of nitrogens with zero attached hydrogens (tertiary/aromatic N) is 3. The van der Waals surface area contributed by atoms with Crippen LogP contribution in [0.25, 0.3) is 10.9 Å². The van der Waals surface area contributed by atoms with Gasteiger partial charge in [-0.1, -0.05) is 6.07 Å². The Morgan fingerprint density at radius 1 is 1.24 bits per heavy atom. The van der Waals surface area contributed by atoms with E-state index in [1.165, 1.54) is 27.7 Å². The zero-order valence-electron chi connectivity index (χ0n) is 15.3. The number of fused-ring (bicyclic) bond motifs is 2. The van der Waals surface area contributed by atoms with Gasteiger partial charge in [-0.2, -0.15) is 0 Å². The van der Waals surface area contributed by atoms with Crippen molar-refractivity contribution >= 4 is 16.7 Å². The molecule has 0 aliphatic carbocycles. The van der Waals surface area contributed by atoms with E-state index >= 15 is 0 Å². The summed E-state index contributed by atoms with van der Waals surface area (Å²) in [6.07, 6.45) is 2.82. The van der Waals surface area contributed by atoms with Crippen LogP contribution in [0.15, 0.2) is 30.5 Å². The Morgan fingerprint density at radius 2 is 2.04 bits per heavy atom. The Hall–Kier alpha value is -2.36. The zero-order valence-corrected chi connectivity index (χ0v) is 15.3. The van der Waals surface area contributed by atoms with Crippen LogP contribution in [0.1, 0.15) is 42.3 Å². The molecule has 3 nitrogen and oxygen atoms in total. The monoisotopic (exact) mass is 337 g/mol. The van der Waals surface area contributed by atoms with Crippen LogP contribution in [0.3, 0.4) is 0 Å². The van der Waals surface area contributed by atoms with Gasteiger partial charge < -0.3 is 9.47 Å². The Morgan fingerprint density at radius 3 is 2.80 bits per heavy atom. The molecule has 1 aliphatic rings. The Balaban J connectivity index is 1.90. The predicted molar refractivity (Wildman–Crippen MR) is 101 cm³/mol. The van der Waals surface area contributed by atoms with E-state index in [1.807, 2.05) is 12.3 Å². The van der Waals surface area contributed by atoms with Gasteiger partial charge in [0.2, 0.25) is 0 Å². The lowest BCUT2D eigenvalue weighted by molar-refractivity contribution is 0.590. The molecular formula is C21H24FN3. The lowest BCUT2D eigenvalue weighted by Gasteiger charge is -2.36. The molecule has 4 heteroatoms. The molecule has 1 aromatic carbocycles. The molecule has 2 aromatic heterocycles. The van der Waals surface area contributed by atoms with Crippen molar-refractivity contribution in [2.45, 2.75) is 46.7 Å². The minimum Gasteiger partial charge on any atom is -0.348 e. The molecule has 1 atom stereocenters. The highest BCUT2D eigenvalue weighted by Crippen LogP contribution is 2.38. The fourth-order valence-electron chi connectivity index (χ4n) is 4.26. The van der Waals surface area contributed by atoms with Crippen molar-refractivity contribution in [3.05, 3.63) is 58.7 Å². The number of rotatable bonds is 2. The Labute approximate surface area is 148 Å². The van der Waals surface area contributed by atoms with Gasteiger partial charge in [0.15, 0.2) is 5.82 Å². The highest BCUT2D eigenvalue weighted by molar-refractivity contribution is 5.93. The first-order valence-electron chi connectivity index (χ1n) is 9.02. The second-order valence-electron chi connectivity index (χ2n) is 6.95. The van der Waals surface area contributed by atoms with Crippen molar-refractivity contribution in [2.75, 3.05) is 11.4 Å². The molecule has 0 fully saturated rings. The first kappa shape index (κ1) is 16.1. The molecule has 3 aromatic rings. The Bertz CT molecular complexity index is 957. The van der Waals surface area contributed by atoms with Crippen LogP contribution in [-0.4, -0.2) is 16.1 Å². The van der Waals surface area contributed by atoms with Gasteiger partial charge >= 0.3 is 0 Å². The summed E-state index contributed by atoms with van der Waals surface area (Å²) in [5.74, 6) is 0.847. The van der Waals surface area contributed by atoms with E-state index in [1.54, 1.807) is 12.1 Å². The molecule has 4 rings (SSSR count). The number of hydrogen-bond donors (Lipinski definition) is 0. The van der Waals surface area contributed by atoms with Crippen LogP contribution in [-0.2, 0) is 13.0 Å². The van der Waals surface area contributed by atoms with Gasteiger partial charge in [0.05, 0.1) is 11.6 Å². The number of halogens is 1. The first-order chi connectivity index (χ1) is 12.0. The summed E-state index contributed by atoms with van der Waals surface area (Å²) in [6, 6.07) is 7.39. The number of aryl methyl sites for hydroxylation is 2. The number of benzene rings is 1. The molecule has 0 spiro atoms. The van der Waals surface area contributed by atoms with E-state index in [9.17, 15) is 4.39 Å². The van der Waals surface area contributed by atoms with Gasteiger partial charge in [0.1, 0.15) is 5.82 Å². The topological polar surface area (TPSA) is 21.1 Å². The number of hydrogen-bond acceptors (Lipinski definition) is 2. The molecule has 0 radical (unpaired) electrons. The van der Waals surface area contributed by atoms with E-state index in [4.69, 9.17) is 4.98 Å². The Kier molecular flexibility index (Phi) is 3.78. The fourth-order valence-corrected chi connectivity index (χ4v) is 4.26. The molecule has 3 heterocycles. The van der Waals surface area contributed by atoms with Gasteiger partial charge in [0.25, 0.3) is 0 Å². The molecule has 0 amide bonds. The largest absolute Gasteiger partial charge is 0.348 e. The normalized spacial score (nSPS) is 17.2. The third kappa shape index (κ3) is 2.35. The summed E-state index contributed by atoms with van der Waals surface area (Å²) in [4.78, 5) is 7.08. The minimum absolute atomic E-state index is 0.110. The SMILES string of the molecule is CCn1c(C)c(C)c2ccnc(N3CCc4ccc(F)cc4C3C)c21. The van der Waals surface area contributed by atoms with Crippen molar-refractivity contribution in [2.24, 2.45) is 0 Å². The molecule has 130 valence electrons. The predicted octanol–water partition coefficient (Wildman–Crippen LogP) is 4.94. The highest BCUT2D eigenvalue weighted by Gasteiger charge is 2.28. The van der Waals surface area contributed by atoms with Gasteiger partial charge in [-0.3, -0.25) is 0 Å². The maximum absolute atomic E-state index is 13.8. The van der Waals surface area contributed by atoms with Crippen molar-refractivity contribution in [3.63, 3.8) is 0 Å². The second kappa shape index (κ2) is 5.87. The maximum Gasteiger partial charge on any atom is 0.153 e. The molecule has 25 heavy (non-hydrogen) atoms. The van der Waals surface area contributed by atoms with Gasteiger partial charge in [-0.25, -0.2) is 9.37 Å². The quantitative estimate of drug-likeness (QED) is 0.661. The molecular weight excluding hydrogens is 313 g/mol. The van der Waals surface area contributed by atoms with Crippen molar-refractivity contribution in [1.82, 2.24) is 9.55 Å². The number of aromatic nitrogens is 2. The van der Waals surface area contributed by atoms with Crippen molar-refractivity contribution in [1.29, 1.82) is 0 Å². The van der Waals surface area contributed by atoms with E-state index in [-0.39, 0.29) is 11.9 Å². The summed E-state index contributed by atoms with van der Waals surface area (Å²) in [6.45, 7) is 10.5. The van der Waals surface area contributed by atoms with Crippen LogP contribution in [0.4, 0.5) is 10.2 Å². The van der Waals surface area contributed by atoms with Crippen LogP contribution in [0, 0.1) is 19.7 Å². The lowest BCUT2D eigenvalue weighted by atomic mass is 9.93. The van der Waals surface area contributed by atoms with Gasteiger partial charge in [0, 0.05) is 30.4 Å². The molecule has 0 bridgehead atoms. The van der Waals surface area contributed by atoms with Crippen LogP contribution >= 0.6 is 0 Å². The third-order valence-electron chi connectivity index (χ3n) is 5.76. The third-order valence-corrected chi connectivity index (χ3v) is 5.76. The average Bonchev–Trinajstić information content (AvgIpc) is 2.87. The van der Waals surface area contributed by atoms with E-state index in [0.29, 0.717) is 0 Å². The molecule has 1 aliphatic heterocycles. The maximum atomic E-state index is 13.8. The van der Waals surface area contributed by atoms with Crippen molar-refractivity contribution in [3.8, 4) is 0 Å². The zero-order chi connectivity index (χ0) is 17.7. The number of pyridine rings is 1.